The molecule has 0 aromatic heterocycles. The lowest BCUT2D eigenvalue weighted by Gasteiger charge is -2.09. The van der Waals surface area contributed by atoms with Crippen LogP contribution in [0.3, 0.4) is 0 Å². The molecule has 94 valence electrons. The molecule has 0 heterocycles. The van der Waals surface area contributed by atoms with Gasteiger partial charge in [-0.05, 0) is 72.8 Å². The van der Waals surface area contributed by atoms with Crippen molar-refractivity contribution < 1.29 is 4.74 Å². The first-order valence-electron chi connectivity index (χ1n) is 6.38. The fourth-order valence-corrected chi connectivity index (χ4v) is 2.33. The highest BCUT2D eigenvalue weighted by Crippen LogP contribution is 2.25. The number of rotatable bonds is 7. The average molecular weight is 298 g/mol. The Bertz CT molecular complexity index is 363. The van der Waals surface area contributed by atoms with Crippen LogP contribution < -0.4 is 10.1 Å². The molecule has 0 radical (unpaired) electrons. The molecule has 1 aromatic rings. The molecule has 3 heteroatoms. The zero-order chi connectivity index (χ0) is 12.1. The lowest BCUT2D eigenvalue weighted by Crippen LogP contribution is -2.17. The van der Waals surface area contributed by atoms with Gasteiger partial charge in [-0.2, -0.15) is 0 Å². The number of halogens is 1. The summed E-state index contributed by atoms with van der Waals surface area (Å²) in [5.74, 6) is 0.950. The van der Waals surface area contributed by atoms with Crippen molar-refractivity contribution in [3.8, 4) is 5.75 Å². The Hall–Kier alpha value is -0.540. The zero-order valence-corrected chi connectivity index (χ0v) is 11.9. The number of benzene rings is 1. The van der Waals surface area contributed by atoms with Crippen LogP contribution in [-0.4, -0.2) is 19.2 Å². The third kappa shape index (κ3) is 4.68. The summed E-state index contributed by atoms with van der Waals surface area (Å²) in [4.78, 5) is 0. The number of hydrogen-bond acceptors (Lipinski definition) is 2. The van der Waals surface area contributed by atoms with E-state index in [-0.39, 0.29) is 0 Å². The van der Waals surface area contributed by atoms with Gasteiger partial charge in [-0.25, -0.2) is 0 Å². The highest BCUT2D eigenvalue weighted by Gasteiger charge is 2.19. The number of hydrogen-bond donors (Lipinski definition) is 1. The Morgan fingerprint density at radius 1 is 1.35 bits per heavy atom. The second-order valence-electron chi connectivity index (χ2n) is 4.72. The maximum atomic E-state index is 5.74. The van der Waals surface area contributed by atoms with Gasteiger partial charge in [-0.15, -0.1) is 0 Å². The summed E-state index contributed by atoms with van der Waals surface area (Å²) < 4.78 is 6.79. The summed E-state index contributed by atoms with van der Waals surface area (Å²) in [6, 6.07) is 7.02. The molecule has 1 fully saturated rings. The normalized spacial score (nSPS) is 14.9. The van der Waals surface area contributed by atoms with Crippen LogP contribution in [0.4, 0.5) is 0 Å². The predicted octanol–water partition coefficient (Wildman–Crippen LogP) is 3.67. The lowest BCUT2D eigenvalue weighted by atomic mass is 10.2. The monoisotopic (exact) mass is 297 g/mol. The summed E-state index contributed by atoms with van der Waals surface area (Å²) in [6.07, 6.45) is 5.04. The van der Waals surface area contributed by atoms with Crippen molar-refractivity contribution in [1.29, 1.82) is 0 Å². The molecule has 1 saturated carbocycles. The predicted molar refractivity (Wildman–Crippen MR) is 74.6 cm³/mol. The van der Waals surface area contributed by atoms with Crippen molar-refractivity contribution >= 4 is 15.9 Å². The Morgan fingerprint density at radius 3 is 2.88 bits per heavy atom. The van der Waals surface area contributed by atoms with Crippen molar-refractivity contribution in [2.45, 2.75) is 38.6 Å². The molecule has 0 aliphatic heterocycles. The van der Waals surface area contributed by atoms with E-state index in [0.717, 1.165) is 35.8 Å². The SMILES string of the molecule is Cc1ccc(OCCCCNC2CC2)c(Br)c1. The fourth-order valence-electron chi connectivity index (χ4n) is 1.73. The number of aryl methyl sites for hydroxylation is 1. The molecule has 1 aliphatic rings. The van der Waals surface area contributed by atoms with Crippen LogP contribution in [0, 0.1) is 6.92 Å². The van der Waals surface area contributed by atoms with Gasteiger partial charge in [0.15, 0.2) is 0 Å². The van der Waals surface area contributed by atoms with Gasteiger partial charge >= 0.3 is 0 Å². The van der Waals surface area contributed by atoms with E-state index in [1.807, 2.05) is 6.07 Å². The summed E-state index contributed by atoms with van der Waals surface area (Å²) in [6.45, 7) is 4.01. The molecule has 1 aliphatic carbocycles. The van der Waals surface area contributed by atoms with Crippen molar-refractivity contribution in [1.82, 2.24) is 5.32 Å². The van der Waals surface area contributed by atoms with Crippen LogP contribution in [-0.2, 0) is 0 Å². The van der Waals surface area contributed by atoms with E-state index in [1.165, 1.54) is 24.8 Å². The van der Waals surface area contributed by atoms with Crippen molar-refractivity contribution in [3.63, 3.8) is 0 Å². The van der Waals surface area contributed by atoms with Gasteiger partial charge in [-0.3, -0.25) is 0 Å². The third-order valence-corrected chi connectivity index (χ3v) is 3.55. The molecule has 0 spiro atoms. The minimum absolute atomic E-state index is 0.800. The number of nitrogens with one attached hydrogen (secondary N) is 1. The molecule has 0 bridgehead atoms. The maximum absolute atomic E-state index is 5.74. The summed E-state index contributed by atoms with van der Waals surface area (Å²) in [5.41, 5.74) is 1.25. The second-order valence-corrected chi connectivity index (χ2v) is 5.57. The van der Waals surface area contributed by atoms with Crippen LogP contribution in [0.25, 0.3) is 0 Å². The smallest absolute Gasteiger partial charge is 0.133 e. The van der Waals surface area contributed by atoms with Crippen LogP contribution >= 0.6 is 15.9 Å². The molecule has 1 aromatic carbocycles. The molecule has 2 rings (SSSR count). The standard InChI is InChI=1S/C14H20BrNO/c1-11-4-7-14(13(15)10-11)17-9-3-2-8-16-12-5-6-12/h4,7,10,12,16H,2-3,5-6,8-9H2,1H3. The van der Waals surface area contributed by atoms with Gasteiger partial charge in [0, 0.05) is 6.04 Å². The Morgan fingerprint density at radius 2 is 2.18 bits per heavy atom. The van der Waals surface area contributed by atoms with Gasteiger partial charge in [0.2, 0.25) is 0 Å². The highest BCUT2D eigenvalue weighted by molar-refractivity contribution is 9.10. The first-order chi connectivity index (χ1) is 8.25. The van der Waals surface area contributed by atoms with E-state index >= 15 is 0 Å². The Kier molecular flexibility index (Phi) is 4.86. The van der Waals surface area contributed by atoms with E-state index in [0.29, 0.717) is 0 Å². The van der Waals surface area contributed by atoms with E-state index in [4.69, 9.17) is 4.74 Å². The van der Waals surface area contributed by atoms with Gasteiger partial charge in [0.05, 0.1) is 11.1 Å². The maximum Gasteiger partial charge on any atom is 0.133 e. The zero-order valence-electron chi connectivity index (χ0n) is 10.3. The van der Waals surface area contributed by atoms with Gasteiger partial charge in [0.1, 0.15) is 5.75 Å². The number of ether oxygens (including phenoxy) is 1. The second kappa shape index (κ2) is 6.41. The first kappa shape index (κ1) is 12.9. The minimum atomic E-state index is 0.800. The molecular formula is C14H20BrNO. The molecule has 0 atom stereocenters. The van der Waals surface area contributed by atoms with Crippen LogP contribution in [0.2, 0.25) is 0 Å². The van der Waals surface area contributed by atoms with E-state index in [9.17, 15) is 0 Å². The van der Waals surface area contributed by atoms with Crippen LogP contribution in [0.15, 0.2) is 22.7 Å². The minimum Gasteiger partial charge on any atom is -0.492 e. The first-order valence-corrected chi connectivity index (χ1v) is 7.17. The van der Waals surface area contributed by atoms with E-state index in [2.05, 4.69) is 40.3 Å². The Balaban J connectivity index is 1.60. The largest absolute Gasteiger partial charge is 0.492 e. The molecule has 0 unspecified atom stereocenters. The third-order valence-electron chi connectivity index (χ3n) is 2.93. The lowest BCUT2D eigenvalue weighted by molar-refractivity contribution is 0.304. The molecule has 0 amide bonds. The van der Waals surface area contributed by atoms with Gasteiger partial charge in [-0.1, -0.05) is 6.07 Å². The van der Waals surface area contributed by atoms with Gasteiger partial charge < -0.3 is 10.1 Å². The quantitative estimate of drug-likeness (QED) is 0.776. The molecule has 17 heavy (non-hydrogen) atoms. The van der Waals surface area contributed by atoms with Crippen molar-refractivity contribution in [3.05, 3.63) is 28.2 Å². The van der Waals surface area contributed by atoms with E-state index < -0.39 is 0 Å². The van der Waals surface area contributed by atoms with Crippen LogP contribution in [0.5, 0.6) is 5.75 Å². The molecule has 1 N–H and O–H groups in total. The summed E-state index contributed by atoms with van der Waals surface area (Å²) >= 11 is 3.52. The van der Waals surface area contributed by atoms with E-state index in [1.54, 1.807) is 0 Å². The average Bonchev–Trinajstić information content (AvgIpc) is 3.09. The molecular weight excluding hydrogens is 278 g/mol. The Labute approximate surface area is 112 Å². The van der Waals surface area contributed by atoms with Crippen molar-refractivity contribution in [2.75, 3.05) is 13.2 Å². The summed E-state index contributed by atoms with van der Waals surface area (Å²) in [5, 5.41) is 3.51. The topological polar surface area (TPSA) is 21.3 Å². The molecule has 2 nitrogen and oxygen atoms in total. The number of unbranched alkanes of at least 4 members (excludes halogenated alkanes) is 1. The highest BCUT2D eigenvalue weighted by atomic mass is 79.9. The summed E-state index contributed by atoms with van der Waals surface area (Å²) in [7, 11) is 0. The van der Waals surface area contributed by atoms with Gasteiger partial charge in [0.25, 0.3) is 0 Å². The molecule has 0 saturated heterocycles. The van der Waals surface area contributed by atoms with Crippen molar-refractivity contribution in [2.24, 2.45) is 0 Å². The van der Waals surface area contributed by atoms with Crippen LogP contribution in [0.1, 0.15) is 31.2 Å². The fraction of sp³-hybridized carbons (Fsp3) is 0.571.